The summed E-state index contributed by atoms with van der Waals surface area (Å²) in [7, 11) is 0. The number of anilines is 2. The first kappa shape index (κ1) is 19.1. The molecule has 0 aliphatic heterocycles. The number of amides is 1. The Morgan fingerprint density at radius 3 is 2.54 bits per heavy atom. The van der Waals surface area contributed by atoms with Crippen LogP contribution in [-0.2, 0) is 4.79 Å². The number of carbonyl (C=O) groups is 1. The predicted octanol–water partition coefficient (Wildman–Crippen LogP) is 4.55. The van der Waals surface area contributed by atoms with Gasteiger partial charge in [-0.05, 0) is 12.1 Å². The van der Waals surface area contributed by atoms with E-state index in [0.29, 0.717) is 20.1 Å². The van der Waals surface area contributed by atoms with Gasteiger partial charge in [-0.3, -0.25) is 4.79 Å². The summed E-state index contributed by atoms with van der Waals surface area (Å²) in [6.07, 6.45) is -4.34. The maximum Gasteiger partial charge on any atom is 0.405 e. The first-order valence-electron chi connectivity index (χ1n) is 6.25. The van der Waals surface area contributed by atoms with Crippen LogP contribution in [-0.4, -0.2) is 34.6 Å². The fraction of sp³-hybridized carbons (Fsp3) is 0.250. The summed E-state index contributed by atoms with van der Waals surface area (Å²) in [5.74, 6) is -0.398. The second-order valence-electron chi connectivity index (χ2n) is 4.28. The Labute approximate surface area is 152 Å². The van der Waals surface area contributed by atoms with Gasteiger partial charge in [-0.1, -0.05) is 52.4 Å². The Morgan fingerprint density at radius 1 is 1.25 bits per heavy atom. The zero-order valence-electron chi connectivity index (χ0n) is 11.7. The summed E-state index contributed by atoms with van der Waals surface area (Å²) in [6, 6.07) is 4.81. The van der Waals surface area contributed by atoms with Crippen LogP contribution in [0.15, 0.2) is 22.5 Å². The van der Waals surface area contributed by atoms with Gasteiger partial charge in [0, 0.05) is 0 Å². The van der Waals surface area contributed by atoms with Crippen LogP contribution >= 0.6 is 46.3 Å². The van der Waals surface area contributed by atoms with Crippen molar-refractivity contribution in [1.29, 1.82) is 0 Å². The zero-order valence-corrected chi connectivity index (χ0v) is 14.8. The molecule has 1 aromatic carbocycles. The first-order valence-corrected chi connectivity index (χ1v) is 8.81. The summed E-state index contributed by atoms with van der Waals surface area (Å²) in [6.45, 7) is -1.20. The number of carbonyl (C=O) groups excluding carboxylic acids is 1. The lowest BCUT2D eigenvalue weighted by molar-refractivity contribution is -0.115. The highest BCUT2D eigenvalue weighted by Gasteiger charge is 2.27. The molecule has 0 radical (unpaired) electrons. The van der Waals surface area contributed by atoms with E-state index in [9.17, 15) is 18.0 Å². The molecule has 2 rings (SSSR count). The molecule has 0 aliphatic rings. The highest BCUT2D eigenvalue weighted by molar-refractivity contribution is 8.01. The number of hydrogen-bond donors (Lipinski definition) is 2. The van der Waals surface area contributed by atoms with E-state index < -0.39 is 12.7 Å². The molecular weight excluding hydrogens is 408 g/mol. The van der Waals surface area contributed by atoms with Crippen molar-refractivity contribution >= 4 is 63.0 Å². The summed E-state index contributed by atoms with van der Waals surface area (Å²) >= 11 is 13.8. The van der Waals surface area contributed by atoms with E-state index in [2.05, 4.69) is 20.8 Å². The van der Waals surface area contributed by atoms with Crippen molar-refractivity contribution in [2.45, 2.75) is 10.5 Å². The fourth-order valence-electron chi connectivity index (χ4n) is 1.44. The third-order valence-electron chi connectivity index (χ3n) is 2.40. The Morgan fingerprint density at radius 2 is 1.92 bits per heavy atom. The number of para-hydroxylation sites is 1. The topological polar surface area (TPSA) is 66.9 Å². The van der Waals surface area contributed by atoms with Crippen LogP contribution in [0.1, 0.15) is 0 Å². The lowest BCUT2D eigenvalue weighted by atomic mass is 10.3. The number of rotatable bonds is 6. The van der Waals surface area contributed by atoms with E-state index in [1.165, 1.54) is 0 Å². The van der Waals surface area contributed by atoms with E-state index in [1.807, 2.05) is 0 Å². The van der Waals surface area contributed by atoms with Gasteiger partial charge in [-0.15, -0.1) is 10.2 Å². The van der Waals surface area contributed by atoms with Gasteiger partial charge in [0.05, 0.1) is 21.5 Å². The summed E-state index contributed by atoms with van der Waals surface area (Å²) in [5, 5.41) is 12.6. The molecular formula is C12H9Cl2F3N4OS2. The van der Waals surface area contributed by atoms with Crippen molar-refractivity contribution < 1.29 is 18.0 Å². The van der Waals surface area contributed by atoms with Crippen molar-refractivity contribution in [2.24, 2.45) is 0 Å². The van der Waals surface area contributed by atoms with Crippen LogP contribution in [0.4, 0.5) is 24.0 Å². The molecule has 0 aliphatic carbocycles. The SMILES string of the molecule is O=C(CSc1nnc(NCC(F)(F)F)s1)Nc1c(Cl)cccc1Cl. The number of benzene rings is 1. The molecule has 1 amide bonds. The Hall–Kier alpha value is -1.23. The van der Waals surface area contributed by atoms with Gasteiger partial charge in [-0.2, -0.15) is 13.2 Å². The lowest BCUT2D eigenvalue weighted by Crippen LogP contribution is -2.21. The maximum atomic E-state index is 12.1. The maximum absolute atomic E-state index is 12.1. The highest BCUT2D eigenvalue weighted by atomic mass is 35.5. The molecule has 0 fully saturated rings. The smallest absolute Gasteiger partial charge is 0.351 e. The quantitative estimate of drug-likeness (QED) is 0.676. The molecule has 5 nitrogen and oxygen atoms in total. The third kappa shape index (κ3) is 6.00. The number of alkyl halides is 3. The van der Waals surface area contributed by atoms with Gasteiger partial charge in [0.15, 0.2) is 4.34 Å². The highest BCUT2D eigenvalue weighted by Crippen LogP contribution is 2.31. The second-order valence-corrected chi connectivity index (χ2v) is 7.29. The van der Waals surface area contributed by atoms with Crippen LogP contribution < -0.4 is 10.6 Å². The minimum Gasteiger partial charge on any atom is -0.351 e. The van der Waals surface area contributed by atoms with Crippen LogP contribution in [0.3, 0.4) is 0 Å². The van der Waals surface area contributed by atoms with Gasteiger partial charge < -0.3 is 10.6 Å². The third-order valence-corrected chi connectivity index (χ3v) is 5.04. The molecule has 2 N–H and O–H groups in total. The van der Waals surface area contributed by atoms with Crippen molar-refractivity contribution in [3.05, 3.63) is 28.2 Å². The Bertz CT molecular complexity index is 706. The van der Waals surface area contributed by atoms with Gasteiger partial charge in [0.1, 0.15) is 6.54 Å². The van der Waals surface area contributed by atoms with Crippen LogP contribution in [0, 0.1) is 0 Å². The van der Waals surface area contributed by atoms with Crippen LogP contribution in [0.5, 0.6) is 0 Å². The van der Waals surface area contributed by atoms with Crippen molar-refractivity contribution in [3.63, 3.8) is 0 Å². The summed E-state index contributed by atoms with van der Waals surface area (Å²) in [4.78, 5) is 11.9. The molecule has 12 heteroatoms. The van der Waals surface area contributed by atoms with E-state index in [0.717, 1.165) is 23.1 Å². The number of nitrogens with one attached hydrogen (secondary N) is 2. The second kappa shape index (κ2) is 8.24. The normalized spacial score (nSPS) is 11.4. The van der Waals surface area contributed by atoms with Crippen molar-refractivity contribution in [2.75, 3.05) is 22.9 Å². The Balaban J connectivity index is 1.85. The lowest BCUT2D eigenvalue weighted by Gasteiger charge is -2.08. The first-order chi connectivity index (χ1) is 11.2. The van der Waals surface area contributed by atoms with Gasteiger partial charge in [0.25, 0.3) is 0 Å². The average Bonchev–Trinajstić information content (AvgIpc) is 2.94. The van der Waals surface area contributed by atoms with Crippen molar-refractivity contribution in [3.8, 4) is 0 Å². The molecule has 0 atom stereocenters. The molecule has 130 valence electrons. The zero-order chi connectivity index (χ0) is 17.7. The predicted molar refractivity (Wildman–Crippen MR) is 90.3 cm³/mol. The van der Waals surface area contributed by atoms with Gasteiger partial charge in [-0.25, -0.2) is 0 Å². The standard InChI is InChI=1S/C12H9Cl2F3N4OS2/c13-6-2-1-3-7(14)9(6)19-8(22)4-23-11-21-20-10(24-11)18-5-12(15,16)17/h1-3H,4-5H2,(H,18,20)(H,19,22). The molecule has 2 aromatic rings. The molecule has 24 heavy (non-hydrogen) atoms. The number of nitrogens with zero attached hydrogens (tertiary/aromatic N) is 2. The summed E-state index contributed by atoms with van der Waals surface area (Å²) < 4.78 is 36.6. The number of thioether (sulfide) groups is 1. The van der Waals surface area contributed by atoms with Crippen LogP contribution in [0.2, 0.25) is 10.0 Å². The van der Waals surface area contributed by atoms with E-state index in [1.54, 1.807) is 18.2 Å². The fourth-order valence-corrected chi connectivity index (χ4v) is 3.47. The largest absolute Gasteiger partial charge is 0.405 e. The number of halogens is 5. The minimum absolute atomic E-state index is 0.0184. The van der Waals surface area contributed by atoms with E-state index in [-0.39, 0.29) is 16.8 Å². The number of aromatic nitrogens is 2. The molecule has 0 spiro atoms. The van der Waals surface area contributed by atoms with Crippen molar-refractivity contribution in [1.82, 2.24) is 10.2 Å². The minimum atomic E-state index is -4.34. The number of hydrogen-bond acceptors (Lipinski definition) is 6. The molecule has 0 saturated heterocycles. The molecule has 0 saturated carbocycles. The average molecular weight is 417 g/mol. The van der Waals surface area contributed by atoms with E-state index in [4.69, 9.17) is 23.2 Å². The molecule has 1 aromatic heterocycles. The van der Waals surface area contributed by atoms with Crippen LogP contribution in [0.25, 0.3) is 0 Å². The molecule has 0 unspecified atom stereocenters. The van der Waals surface area contributed by atoms with Gasteiger partial charge in [0.2, 0.25) is 11.0 Å². The molecule has 0 bridgehead atoms. The monoisotopic (exact) mass is 416 g/mol. The van der Waals surface area contributed by atoms with Gasteiger partial charge >= 0.3 is 6.18 Å². The summed E-state index contributed by atoms with van der Waals surface area (Å²) in [5.41, 5.74) is 0.302. The van der Waals surface area contributed by atoms with E-state index >= 15 is 0 Å². The Kier molecular flexibility index (Phi) is 6.55. The molecule has 1 heterocycles.